The lowest BCUT2D eigenvalue weighted by atomic mass is 9.89. The Morgan fingerprint density at radius 2 is 2.00 bits per heavy atom. The lowest BCUT2D eigenvalue weighted by Gasteiger charge is -2.32. The molecule has 2 N–H and O–H groups in total. The molecule has 6 heteroatoms. The zero-order chi connectivity index (χ0) is 14.4. The van der Waals surface area contributed by atoms with Crippen LogP contribution in [0.15, 0.2) is 0 Å². The Bertz CT molecular complexity index is 427. The largest absolute Gasteiger partial charge is 0.481 e. The SMILES string of the molecule is CC1CCN(C(=O)N2C3CCC2C(C(=O)O)C3)C1CO. The van der Waals surface area contributed by atoms with Crippen LogP contribution < -0.4 is 0 Å². The van der Waals surface area contributed by atoms with Gasteiger partial charge in [0.2, 0.25) is 0 Å². The van der Waals surface area contributed by atoms with Gasteiger partial charge in [-0.25, -0.2) is 4.79 Å². The molecule has 5 unspecified atom stereocenters. The highest BCUT2D eigenvalue weighted by atomic mass is 16.4. The van der Waals surface area contributed by atoms with Crippen molar-refractivity contribution in [1.82, 2.24) is 9.80 Å². The average Bonchev–Trinajstić information content (AvgIpc) is 3.09. The van der Waals surface area contributed by atoms with Crippen LogP contribution in [0.25, 0.3) is 0 Å². The van der Waals surface area contributed by atoms with Crippen molar-refractivity contribution in [2.24, 2.45) is 11.8 Å². The number of amides is 2. The number of aliphatic carboxylic acids is 1. The molecule has 0 radical (unpaired) electrons. The second-order valence-electron chi connectivity index (χ2n) is 6.38. The number of hydrogen-bond donors (Lipinski definition) is 2. The van der Waals surface area contributed by atoms with E-state index in [1.807, 2.05) is 6.92 Å². The molecule has 5 atom stereocenters. The maximum absolute atomic E-state index is 12.7. The first kappa shape index (κ1) is 13.7. The monoisotopic (exact) mass is 282 g/mol. The van der Waals surface area contributed by atoms with Crippen LogP contribution in [0.5, 0.6) is 0 Å². The third kappa shape index (κ3) is 1.89. The van der Waals surface area contributed by atoms with E-state index in [2.05, 4.69) is 0 Å². The summed E-state index contributed by atoms with van der Waals surface area (Å²) in [5.74, 6) is -0.895. The molecule has 0 aliphatic carbocycles. The highest BCUT2D eigenvalue weighted by molar-refractivity contribution is 5.80. The van der Waals surface area contributed by atoms with Crippen LogP contribution in [-0.4, -0.2) is 63.3 Å². The number of carbonyl (C=O) groups excluding carboxylic acids is 1. The molecule has 3 heterocycles. The summed E-state index contributed by atoms with van der Waals surface area (Å²) in [6.45, 7) is 2.70. The summed E-state index contributed by atoms with van der Waals surface area (Å²) in [6, 6.07) is -0.264. The van der Waals surface area contributed by atoms with Crippen molar-refractivity contribution in [2.45, 2.75) is 50.7 Å². The van der Waals surface area contributed by atoms with Crippen molar-refractivity contribution >= 4 is 12.0 Å². The summed E-state index contributed by atoms with van der Waals surface area (Å²) >= 11 is 0. The van der Waals surface area contributed by atoms with Gasteiger partial charge in [-0.05, 0) is 31.6 Å². The van der Waals surface area contributed by atoms with Gasteiger partial charge in [0.15, 0.2) is 0 Å². The van der Waals surface area contributed by atoms with Gasteiger partial charge in [-0.2, -0.15) is 0 Å². The fraction of sp³-hybridized carbons (Fsp3) is 0.857. The van der Waals surface area contributed by atoms with Crippen LogP contribution in [0, 0.1) is 11.8 Å². The minimum Gasteiger partial charge on any atom is -0.481 e. The van der Waals surface area contributed by atoms with Crippen molar-refractivity contribution in [2.75, 3.05) is 13.2 Å². The second-order valence-corrected chi connectivity index (χ2v) is 6.38. The normalized spacial score (nSPS) is 39.6. The van der Waals surface area contributed by atoms with Crippen LogP contribution in [-0.2, 0) is 4.79 Å². The van der Waals surface area contributed by atoms with Crippen molar-refractivity contribution in [1.29, 1.82) is 0 Å². The van der Waals surface area contributed by atoms with E-state index in [1.165, 1.54) is 0 Å². The minimum atomic E-state index is -0.788. The first-order chi connectivity index (χ1) is 9.54. The summed E-state index contributed by atoms with van der Waals surface area (Å²) in [5, 5.41) is 18.7. The number of aliphatic hydroxyl groups is 1. The average molecular weight is 282 g/mol. The number of urea groups is 1. The molecular weight excluding hydrogens is 260 g/mol. The van der Waals surface area contributed by atoms with Crippen LogP contribution in [0.3, 0.4) is 0 Å². The topological polar surface area (TPSA) is 81.1 Å². The Balaban J connectivity index is 1.77. The molecule has 6 nitrogen and oxygen atoms in total. The van der Waals surface area contributed by atoms with Crippen LogP contribution >= 0.6 is 0 Å². The van der Waals surface area contributed by atoms with Crippen LogP contribution in [0.2, 0.25) is 0 Å². The molecule has 112 valence electrons. The summed E-state index contributed by atoms with van der Waals surface area (Å²) in [4.78, 5) is 27.5. The van der Waals surface area contributed by atoms with E-state index in [9.17, 15) is 19.8 Å². The summed E-state index contributed by atoms with van der Waals surface area (Å²) in [6.07, 6.45) is 3.19. The van der Waals surface area contributed by atoms with E-state index in [0.29, 0.717) is 18.9 Å². The van der Waals surface area contributed by atoms with Crippen molar-refractivity contribution in [3.63, 3.8) is 0 Å². The Hall–Kier alpha value is -1.30. The lowest BCUT2D eigenvalue weighted by molar-refractivity contribution is -0.142. The summed E-state index contributed by atoms with van der Waals surface area (Å²) < 4.78 is 0. The maximum atomic E-state index is 12.7. The third-order valence-electron chi connectivity index (χ3n) is 5.39. The highest BCUT2D eigenvalue weighted by Crippen LogP contribution is 2.43. The first-order valence-electron chi connectivity index (χ1n) is 7.47. The Morgan fingerprint density at radius 1 is 1.25 bits per heavy atom. The number of carboxylic acids is 1. The van der Waals surface area contributed by atoms with E-state index in [1.54, 1.807) is 9.80 Å². The van der Waals surface area contributed by atoms with E-state index in [4.69, 9.17) is 0 Å². The molecule has 3 aliphatic rings. The highest BCUT2D eigenvalue weighted by Gasteiger charge is 2.53. The Kier molecular flexibility index (Phi) is 3.36. The van der Waals surface area contributed by atoms with E-state index < -0.39 is 11.9 Å². The van der Waals surface area contributed by atoms with Gasteiger partial charge in [-0.15, -0.1) is 0 Å². The molecule has 3 saturated heterocycles. The van der Waals surface area contributed by atoms with Gasteiger partial charge in [-0.1, -0.05) is 6.92 Å². The molecule has 0 spiro atoms. The molecule has 0 aromatic carbocycles. The van der Waals surface area contributed by atoms with Gasteiger partial charge < -0.3 is 20.0 Å². The zero-order valence-corrected chi connectivity index (χ0v) is 11.7. The molecule has 0 saturated carbocycles. The van der Waals surface area contributed by atoms with Gasteiger partial charge >= 0.3 is 12.0 Å². The number of likely N-dealkylation sites (tertiary alicyclic amines) is 1. The summed E-state index contributed by atoms with van der Waals surface area (Å²) in [7, 11) is 0. The fourth-order valence-electron chi connectivity index (χ4n) is 4.22. The number of rotatable bonds is 2. The molecule has 2 amide bonds. The molecule has 0 aromatic heterocycles. The standard InChI is InChI=1S/C14H22N2O4/c1-8-4-5-15(12(8)7-17)14(20)16-9-2-3-11(16)10(6-9)13(18)19/h8-12,17H,2-7H2,1H3,(H,18,19). The molecule has 2 bridgehead atoms. The minimum absolute atomic E-state index is 0.0154. The fourth-order valence-corrected chi connectivity index (χ4v) is 4.22. The predicted molar refractivity (Wildman–Crippen MR) is 71.1 cm³/mol. The van der Waals surface area contributed by atoms with Gasteiger partial charge in [0.05, 0.1) is 18.6 Å². The Morgan fingerprint density at radius 3 is 2.60 bits per heavy atom. The smallest absolute Gasteiger partial charge is 0.320 e. The quantitative estimate of drug-likeness (QED) is 0.783. The zero-order valence-electron chi connectivity index (χ0n) is 11.7. The van der Waals surface area contributed by atoms with E-state index in [0.717, 1.165) is 19.3 Å². The number of fused-ring (bicyclic) bond motifs is 2. The molecule has 3 fully saturated rings. The molecule has 3 aliphatic heterocycles. The van der Waals surface area contributed by atoms with Crippen LogP contribution in [0.1, 0.15) is 32.6 Å². The number of nitrogens with zero attached hydrogens (tertiary/aromatic N) is 2. The Labute approximate surface area is 118 Å². The predicted octanol–water partition coefficient (Wildman–Crippen LogP) is 0.747. The van der Waals surface area contributed by atoms with E-state index in [-0.39, 0.29) is 30.8 Å². The van der Waals surface area contributed by atoms with Crippen molar-refractivity contribution in [3.05, 3.63) is 0 Å². The summed E-state index contributed by atoms with van der Waals surface area (Å²) in [5.41, 5.74) is 0. The molecule has 3 rings (SSSR count). The second kappa shape index (κ2) is 4.91. The molecule has 20 heavy (non-hydrogen) atoms. The number of carboxylic acid groups (broad SMARTS) is 1. The number of aliphatic hydroxyl groups excluding tert-OH is 1. The van der Waals surface area contributed by atoms with Gasteiger partial charge in [0.1, 0.15) is 0 Å². The number of hydrogen-bond acceptors (Lipinski definition) is 3. The number of carbonyl (C=O) groups is 2. The maximum Gasteiger partial charge on any atom is 0.320 e. The van der Waals surface area contributed by atoms with Crippen molar-refractivity contribution < 1.29 is 19.8 Å². The van der Waals surface area contributed by atoms with E-state index >= 15 is 0 Å². The first-order valence-corrected chi connectivity index (χ1v) is 7.47. The van der Waals surface area contributed by atoms with Gasteiger partial charge in [-0.3, -0.25) is 4.79 Å². The van der Waals surface area contributed by atoms with Crippen molar-refractivity contribution in [3.8, 4) is 0 Å². The molecule has 0 aromatic rings. The third-order valence-corrected chi connectivity index (χ3v) is 5.39. The molecular formula is C14H22N2O4. The van der Waals surface area contributed by atoms with Gasteiger partial charge in [0.25, 0.3) is 0 Å². The lowest BCUT2D eigenvalue weighted by Crippen LogP contribution is -2.50. The van der Waals surface area contributed by atoms with Crippen LogP contribution in [0.4, 0.5) is 4.79 Å². The van der Waals surface area contributed by atoms with Gasteiger partial charge in [0, 0.05) is 18.6 Å².